The number of amides is 1. The van der Waals surface area contributed by atoms with Gasteiger partial charge in [0.15, 0.2) is 0 Å². The van der Waals surface area contributed by atoms with Crippen LogP contribution in [0.15, 0.2) is 36.7 Å². The zero-order valence-electron chi connectivity index (χ0n) is 14.1. The highest BCUT2D eigenvalue weighted by Gasteiger charge is 2.57. The Morgan fingerprint density at radius 1 is 1.19 bits per heavy atom. The van der Waals surface area contributed by atoms with Crippen LogP contribution in [-0.4, -0.2) is 55.5 Å². The first kappa shape index (κ1) is 18.4. The third-order valence-corrected chi connectivity index (χ3v) is 4.72. The van der Waals surface area contributed by atoms with Gasteiger partial charge in [-0.05, 0) is 31.9 Å². The standard InChI is InChI=1S/C17H19F3N4O2/c1-16(26,17(18,19)20)15(25)23-9-7-12(8-10-23)14-22-21-11-24(14)13-5-3-2-4-6-13/h2-6,11-12,26H,7-10H2,1H3. The van der Waals surface area contributed by atoms with Gasteiger partial charge in [-0.15, -0.1) is 10.2 Å². The van der Waals surface area contributed by atoms with Crippen LogP contribution in [0.3, 0.4) is 0 Å². The van der Waals surface area contributed by atoms with Crippen LogP contribution >= 0.6 is 0 Å². The lowest BCUT2D eigenvalue weighted by atomic mass is 9.94. The van der Waals surface area contributed by atoms with E-state index in [-0.39, 0.29) is 19.0 Å². The number of piperidine rings is 1. The van der Waals surface area contributed by atoms with Gasteiger partial charge in [0.2, 0.25) is 5.60 Å². The molecule has 1 aromatic heterocycles. The summed E-state index contributed by atoms with van der Waals surface area (Å²) in [5.74, 6) is -0.628. The van der Waals surface area contributed by atoms with E-state index >= 15 is 0 Å². The number of halogens is 3. The Labute approximate surface area is 148 Å². The van der Waals surface area contributed by atoms with Gasteiger partial charge in [-0.2, -0.15) is 13.2 Å². The fourth-order valence-corrected chi connectivity index (χ4v) is 3.08. The number of hydrogen-bond donors (Lipinski definition) is 1. The van der Waals surface area contributed by atoms with Gasteiger partial charge < -0.3 is 10.0 Å². The maximum atomic E-state index is 12.9. The van der Waals surface area contributed by atoms with Gasteiger partial charge in [-0.25, -0.2) is 0 Å². The van der Waals surface area contributed by atoms with Crippen LogP contribution in [0.2, 0.25) is 0 Å². The van der Waals surface area contributed by atoms with Gasteiger partial charge in [-0.3, -0.25) is 9.36 Å². The van der Waals surface area contributed by atoms with Crippen molar-refractivity contribution in [1.29, 1.82) is 0 Å². The van der Waals surface area contributed by atoms with E-state index in [1.165, 1.54) is 0 Å². The normalized spacial score (nSPS) is 18.6. The Hall–Kier alpha value is -2.42. The Balaban J connectivity index is 1.71. The lowest BCUT2D eigenvalue weighted by Gasteiger charge is -2.36. The third-order valence-electron chi connectivity index (χ3n) is 4.72. The summed E-state index contributed by atoms with van der Waals surface area (Å²) < 4.78 is 40.4. The average Bonchev–Trinajstić information content (AvgIpc) is 3.10. The van der Waals surface area contributed by atoms with E-state index in [0.717, 1.165) is 10.6 Å². The molecule has 0 saturated carbocycles. The Morgan fingerprint density at radius 3 is 2.38 bits per heavy atom. The fourth-order valence-electron chi connectivity index (χ4n) is 3.08. The van der Waals surface area contributed by atoms with Crippen molar-refractivity contribution in [2.75, 3.05) is 13.1 Å². The zero-order valence-corrected chi connectivity index (χ0v) is 14.1. The van der Waals surface area contributed by atoms with E-state index in [4.69, 9.17) is 0 Å². The Bertz CT molecular complexity index is 766. The number of carbonyl (C=O) groups is 1. The first-order valence-electron chi connectivity index (χ1n) is 8.25. The van der Waals surface area contributed by atoms with Crippen LogP contribution in [0.5, 0.6) is 0 Å². The molecule has 1 N–H and O–H groups in total. The molecule has 0 bridgehead atoms. The molecule has 6 nitrogen and oxygen atoms in total. The molecule has 0 radical (unpaired) electrons. The minimum atomic E-state index is -5.01. The van der Waals surface area contributed by atoms with E-state index in [1.807, 2.05) is 34.9 Å². The van der Waals surface area contributed by atoms with Crippen molar-refractivity contribution in [2.24, 2.45) is 0 Å². The number of para-hydroxylation sites is 1. The molecule has 1 fully saturated rings. The van der Waals surface area contributed by atoms with Crippen molar-refractivity contribution in [3.63, 3.8) is 0 Å². The molecule has 1 saturated heterocycles. The molecule has 1 amide bonds. The number of rotatable bonds is 3. The maximum Gasteiger partial charge on any atom is 0.426 e. The fraction of sp³-hybridized carbons (Fsp3) is 0.471. The summed E-state index contributed by atoms with van der Waals surface area (Å²) in [5.41, 5.74) is -2.48. The number of aliphatic hydroxyl groups is 1. The molecule has 1 atom stereocenters. The second-order valence-corrected chi connectivity index (χ2v) is 6.53. The molecule has 0 spiro atoms. The van der Waals surface area contributed by atoms with Crippen molar-refractivity contribution < 1.29 is 23.1 Å². The highest BCUT2D eigenvalue weighted by atomic mass is 19.4. The van der Waals surface area contributed by atoms with Gasteiger partial charge in [0, 0.05) is 24.7 Å². The first-order chi connectivity index (χ1) is 12.2. The minimum Gasteiger partial charge on any atom is -0.373 e. The van der Waals surface area contributed by atoms with E-state index < -0.39 is 17.7 Å². The van der Waals surface area contributed by atoms with Gasteiger partial charge in [-0.1, -0.05) is 18.2 Å². The van der Waals surface area contributed by atoms with Crippen molar-refractivity contribution in [3.8, 4) is 5.69 Å². The SMILES string of the molecule is CC(O)(C(=O)N1CCC(c2nncn2-c2ccccc2)CC1)C(F)(F)F. The summed E-state index contributed by atoms with van der Waals surface area (Å²) in [6.45, 7) is 0.738. The van der Waals surface area contributed by atoms with Crippen LogP contribution in [0.25, 0.3) is 5.69 Å². The number of carbonyl (C=O) groups excluding carboxylic acids is 1. The number of alkyl halides is 3. The average molecular weight is 368 g/mol. The predicted molar refractivity (Wildman–Crippen MR) is 86.6 cm³/mol. The highest BCUT2D eigenvalue weighted by Crippen LogP contribution is 2.34. The van der Waals surface area contributed by atoms with Crippen molar-refractivity contribution in [3.05, 3.63) is 42.5 Å². The van der Waals surface area contributed by atoms with Gasteiger partial charge in [0.05, 0.1) is 0 Å². The van der Waals surface area contributed by atoms with E-state index in [9.17, 15) is 23.1 Å². The molecule has 1 aromatic carbocycles. The predicted octanol–water partition coefficient (Wildman–Crippen LogP) is 2.29. The van der Waals surface area contributed by atoms with Crippen molar-refractivity contribution in [1.82, 2.24) is 19.7 Å². The molecule has 2 aromatic rings. The summed E-state index contributed by atoms with van der Waals surface area (Å²) in [5, 5.41) is 17.7. The van der Waals surface area contributed by atoms with Crippen molar-refractivity contribution >= 4 is 5.91 Å². The van der Waals surface area contributed by atoms with E-state index in [1.54, 1.807) is 6.33 Å². The molecule has 3 rings (SSSR count). The molecule has 9 heteroatoms. The summed E-state index contributed by atoms with van der Waals surface area (Å²) >= 11 is 0. The van der Waals surface area contributed by atoms with Crippen LogP contribution in [0, 0.1) is 0 Å². The monoisotopic (exact) mass is 368 g/mol. The van der Waals surface area contributed by atoms with Crippen LogP contribution in [0.4, 0.5) is 13.2 Å². The number of nitrogens with zero attached hydrogens (tertiary/aromatic N) is 4. The summed E-state index contributed by atoms with van der Waals surface area (Å²) in [6.07, 6.45) is -2.51. The van der Waals surface area contributed by atoms with Crippen LogP contribution < -0.4 is 0 Å². The molecule has 1 aliphatic heterocycles. The molecular weight excluding hydrogens is 349 g/mol. The number of hydrogen-bond acceptors (Lipinski definition) is 4. The summed E-state index contributed by atoms with van der Waals surface area (Å²) in [4.78, 5) is 13.1. The highest BCUT2D eigenvalue weighted by molar-refractivity contribution is 5.85. The number of likely N-dealkylation sites (tertiary alicyclic amines) is 1. The molecule has 1 unspecified atom stereocenters. The quantitative estimate of drug-likeness (QED) is 0.902. The summed E-state index contributed by atoms with van der Waals surface area (Å²) in [7, 11) is 0. The summed E-state index contributed by atoms with van der Waals surface area (Å²) in [6, 6.07) is 9.49. The molecule has 26 heavy (non-hydrogen) atoms. The van der Waals surface area contributed by atoms with Crippen LogP contribution in [0.1, 0.15) is 31.5 Å². The topological polar surface area (TPSA) is 71.2 Å². The molecule has 1 aliphatic rings. The smallest absolute Gasteiger partial charge is 0.373 e. The van der Waals surface area contributed by atoms with Crippen LogP contribution in [-0.2, 0) is 4.79 Å². The van der Waals surface area contributed by atoms with Gasteiger partial charge in [0.1, 0.15) is 12.2 Å². The van der Waals surface area contributed by atoms with E-state index in [2.05, 4.69) is 10.2 Å². The molecular formula is C17H19F3N4O2. The maximum absolute atomic E-state index is 12.9. The lowest BCUT2D eigenvalue weighted by molar-refractivity contribution is -0.250. The lowest BCUT2D eigenvalue weighted by Crippen LogP contribution is -2.57. The zero-order chi connectivity index (χ0) is 18.9. The Morgan fingerprint density at radius 2 is 1.81 bits per heavy atom. The minimum absolute atomic E-state index is 0.0300. The van der Waals surface area contributed by atoms with Gasteiger partial charge >= 0.3 is 6.18 Å². The second-order valence-electron chi connectivity index (χ2n) is 6.53. The van der Waals surface area contributed by atoms with Crippen molar-refractivity contribution in [2.45, 2.75) is 37.5 Å². The Kier molecular flexibility index (Phi) is 4.74. The number of aromatic nitrogens is 3. The molecule has 2 heterocycles. The second kappa shape index (κ2) is 6.71. The molecule has 0 aliphatic carbocycles. The largest absolute Gasteiger partial charge is 0.426 e. The number of benzene rings is 1. The first-order valence-corrected chi connectivity index (χ1v) is 8.25. The van der Waals surface area contributed by atoms with E-state index in [0.29, 0.717) is 25.6 Å². The van der Waals surface area contributed by atoms with Gasteiger partial charge in [0.25, 0.3) is 5.91 Å². The third kappa shape index (κ3) is 3.31. The molecule has 140 valence electrons.